The third-order valence-electron chi connectivity index (χ3n) is 11.3. The van der Waals surface area contributed by atoms with Gasteiger partial charge in [0.05, 0.1) is 0 Å². The van der Waals surface area contributed by atoms with Crippen LogP contribution >= 0.6 is 0 Å². The Bertz CT molecular complexity index is 1290. The number of nitrogens with zero attached hydrogens (tertiary/aromatic N) is 4. The van der Waals surface area contributed by atoms with E-state index in [2.05, 4.69) is 53.2 Å². The summed E-state index contributed by atoms with van der Waals surface area (Å²) in [5, 5.41) is 3.07. The molecule has 4 saturated heterocycles. The van der Waals surface area contributed by atoms with E-state index >= 15 is 0 Å². The molecule has 2 atom stereocenters. The number of rotatable bonds is 7. The standard InChI is InChI=1S/C23H35F2N3O.C17H30F2N2O2/c1-22(2)18-20(27-16-12-23(24,25)13-17-27)11-15-28(22)21(29)26-14-7-6-10-19-8-4-3-5-9-19;1-15(2,3)23-14(22)21-9-6-13(12-16(21,4)5)20-10-7-17(18,19)8-11-20/h3-5,8-9,20H,6-7,10-18H2,1-2H3,(H,26,29);13H,6-12H2,1-5H3. The molecule has 4 heterocycles. The second-order valence-electron chi connectivity index (χ2n) is 17.7. The molecule has 0 saturated carbocycles. The van der Waals surface area contributed by atoms with Gasteiger partial charge in [0.2, 0.25) is 0 Å². The normalized spacial score (nSPS) is 26.1. The van der Waals surface area contributed by atoms with E-state index < -0.39 is 17.4 Å². The van der Waals surface area contributed by atoms with E-state index in [-0.39, 0.29) is 61.0 Å². The first kappa shape index (κ1) is 42.1. The Kier molecular flexibility index (Phi) is 14.0. The maximum absolute atomic E-state index is 13.4. The summed E-state index contributed by atoms with van der Waals surface area (Å²) in [5.41, 5.74) is 0.225. The molecule has 12 heteroatoms. The van der Waals surface area contributed by atoms with Crippen molar-refractivity contribution in [2.24, 2.45) is 0 Å². The zero-order chi connectivity index (χ0) is 38.4. The maximum Gasteiger partial charge on any atom is 0.410 e. The Balaban J connectivity index is 0.000000239. The molecule has 0 aliphatic carbocycles. The zero-order valence-electron chi connectivity index (χ0n) is 32.8. The predicted octanol–water partition coefficient (Wildman–Crippen LogP) is 8.59. The maximum atomic E-state index is 13.4. The van der Waals surface area contributed by atoms with Crippen molar-refractivity contribution in [3.8, 4) is 0 Å². The first-order valence-corrected chi connectivity index (χ1v) is 19.5. The van der Waals surface area contributed by atoms with Crippen molar-refractivity contribution < 1.29 is 31.9 Å². The van der Waals surface area contributed by atoms with Gasteiger partial charge in [0, 0.05) is 94.7 Å². The van der Waals surface area contributed by atoms with Crippen molar-refractivity contribution in [3.05, 3.63) is 35.9 Å². The molecule has 8 nitrogen and oxygen atoms in total. The van der Waals surface area contributed by atoms with E-state index in [0.29, 0.717) is 45.8 Å². The first-order valence-electron chi connectivity index (χ1n) is 19.5. The van der Waals surface area contributed by atoms with E-state index in [0.717, 1.165) is 44.9 Å². The number of likely N-dealkylation sites (tertiary alicyclic amines) is 4. The Labute approximate surface area is 310 Å². The summed E-state index contributed by atoms with van der Waals surface area (Å²) in [4.78, 5) is 33.2. The molecule has 3 amide bonds. The number of benzene rings is 1. The van der Waals surface area contributed by atoms with Crippen LogP contribution in [0.2, 0.25) is 0 Å². The number of carbonyl (C=O) groups is 2. The van der Waals surface area contributed by atoms with E-state index in [9.17, 15) is 27.2 Å². The summed E-state index contributed by atoms with van der Waals surface area (Å²) >= 11 is 0. The lowest BCUT2D eigenvalue weighted by Gasteiger charge is -2.49. The second kappa shape index (κ2) is 17.2. The molecule has 0 aromatic heterocycles. The quantitative estimate of drug-likeness (QED) is 0.224. The van der Waals surface area contributed by atoms with E-state index in [1.807, 2.05) is 45.6 Å². The summed E-state index contributed by atoms with van der Waals surface area (Å²) in [6.45, 7) is 17.6. The summed E-state index contributed by atoms with van der Waals surface area (Å²) in [6, 6.07) is 10.9. The van der Waals surface area contributed by atoms with Crippen molar-refractivity contribution in [1.82, 2.24) is 24.9 Å². The monoisotopic (exact) mass is 740 g/mol. The van der Waals surface area contributed by atoms with Crippen LogP contribution in [0.25, 0.3) is 0 Å². The Morgan fingerprint density at radius 3 is 1.63 bits per heavy atom. The van der Waals surface area contributed by atoms with Gasteiger partial charge in [0.25, 0.3) is 11.8 Å². The topological polar surface area (TPSA) is 68.4 Å². The molecule has 1 N–H and O–H groups in total. The lowest BCUT2D eigenvalue weighted by atomic mass is 9.85. The van der Waals surface area contributed by atoms with Crippen LogP contribution in [0.5, 0.6) is 0 Å². The minimum atomic E-state index is -2.51. The highest BCUT2D eigenvalue weighted by Crippen LogP contribution is 2.37. The fraction of sp³-hybridized carbons (Fsp3) is 0.800. The van der Waals surface area contributed by atoms with Crippen LogP contribution in [-0.4, -0.2) is 118 Å². The van der Waals surface area contributed by atoms with Gasteiger partial charge >= 0.3 is 12.1 Å². The third kappa shape index (κ3) is 12.5. The molecule has 0 radical (unpaired) electrons. The number of nitrogens with one attached hydrogen (secondary N) is 1. The van der Waals surface area contributed by atoms with Crippen molar-refractivity contribution in [2.75, 3.05) is 45.8 Å². The van der Waals surface area contributed by atoms with Gasteiger partial charge < -0.3 is 19.9 Å². The number of halogens is 4. The number of alkyl halides is 4. The number of hydrogen-bond donors (Lipinski definition) is 1. The van der Waals surface area contributed by atoms with Gasteiger partial charge in [-0.05, 0) is 99.0 Å². The highest BCUT2D eigenvalue weighted by atomic mass is 19.3. The van der Waals surface area contributed by atoms with Crippen LogP contribution in [0.4, 0.5) is 27.2 Å². The van der Waals surface area contributed by atoms with Gasteiger partial charge in [-0.3, -0.25) is 9.80 Å². The van der Waals surface area contributed by atoms with Gasteiger partial charge in [0.1, 0.15) is 5.60 Å². The lowest BCUT2D eigenvalue weighted by Crippen LogP contribution is -2.60. The Hall–Kier alpha value is -2.60. The summed E-state index contributed by atoms with van der Waals surface area (Å²) in [5.74, 6) is -5.02. The molecule has 52 heavy (non-hydrogen) atoms. The van der Waals surface area contributed by atoms with Crippen LogP contribution in [0, 0.1) is 0 Å². The van der Waals surface area contributed by atoms with Gasteiger partial charge in [-0.1, -0.05) is 30.3 Å². The molecular weight excluding hydrogens is 674 g/mol. The highest BCUT2D eigenvalue weighted by Gasteiger charge is 2.44. The number of ether oxygens (including phenoxy) is 1. The molecule has 1 aromatic rings. The number of piperidine rings is 4. The van der Waals surface area contributed by atoms with E-state index in [1.54, 1.807) is 4.90 Å². The number of hydrogen-bond acceptors (Lipinski definition) is 5. The second-order valence-corrected chi connectivity index (χ2v) is 17.7. The van der Waals surface area contributed by atoms with Crippen LogP contribution < -0.4 is 5.32 Å². The summed E-state index contributed by atoms with van der Waals surface area (Å²) < 4.78 is 59.0. The molecule has 0 spiro atoms. The molecule has 1 aromatic carbocycles. The van der Waals surface area contributed by atoms with Crippen molar-refractivity contribution in [2.45, 2.75) is 160 Å². The molecule has 296 valence electrons. The molecule has 4 aliphatic heterocycles. The zero-order valence-corrected chi connectivity index (χ0v) is 32.8. The minimum absolute atomic E-state index is 0.00154. The summed E-state index contributed by atoms with van der Waals surface area (Å²) in [7, 11) is 0. The average molecular weight is 740 g/mol. The van der Waals surface area contributed by atoms with Gasteiger partial charge in [0.15, 0.2) is 0 Å². The van der Waals surface area contributed by atoms with Gasteiger partial charge in [-0.2, -0.15) is 0 Å². The van der Waals surface area contributed by atoms with E-state index in [4.69, 9.17) is 4.74 Å². The number of aryl methyl sites for hydroxylation is 1. The van der Waals surface area contributed by atoms with Crippen LogP contribution in [0.3, 0.4) is 0 Å². The van der Waals surface area contributed by atoms with E-state index in [1.165, 1.54) is 5.56 Å². The van der Waals surface area contributed by atoms with Crippen molar-refractivity contribution >= 4 is 12.1 Å². The average Bonchev–Trinajstić information content (AvgIpc) is 3.03. The van der Waals surface area contributed by atoms with Crippen molar-refractivity contribution in [3.63, 3.8) is 0 Å². The number of unbranched alkanes of at least 4 members (excludes halogenated alkanes) is 1. The van der Waals surface area contributed by atoms with Crippen LogP contribution in [0.15, 0.2) is 30.3 Å². The van der Waals surface area contributed by atoms with Gasteiger partial charge in [-0.15, -0.1) is 0 Å². The van der Waals surface area contributed by atoms with Crippen molar-refractivity contribution in [1.29, 1.82) is 0 Å². The smallest absolute Gasteiger partial charge is 0.410 e. The fourth-order valence-corrected chi connectivity index (χ4v) is 8.22. The first-order chi connectivity index (χ1) is 24.2. The molecule has 5 rings (SSSR count). The summed E-state index contributed by atoms with van der Waals surface area (Å²) in [6.07, 6.45) is 5.85. The number of urea groups is 1. The number of carbonyl (C=O) groups excluding carboxylic acids is 2. The molecule has 0 bridgehead atoms. The third-order valence-corrected chi connectivity index (χ3v) is 11.3. The number of amides is 3. The van der Waals surface area contributed by atoms with Crippen LogP contribution in [-0.2, 0) is 11.2 Å². The molecular formula is C40H65F4N5O3. The SMILES string of the molecule is CC(C)(C)OC(=O)N1CCC(N2CCC(F)(F)CC2)CC1(C)C.CC1(C)CC(N2CCC(F)(F)CC2)CCN1C(=O)NCCCCc1ccccc1. The lowest BCUT2D eigenvalue weighted by molar-refractivity contribution is -0.0760. The molecule has 4 aliphatic rings. The van der Waals surface area contributed by atoms with Crippen LogP contribution in [0.1, 0.15) is 118 Å². The fourth-order valence-electron chi connectivity index (χ4n) is 8.22. The Morgan fingerprint density at radius 1 is 0.731 bits per heavy atom. The molecule has 4 fully saturated rings. The minimum Gasteiger partial charge on any atom is -0.444 e. The largest absolute Gasteiger partial charge is 0.444 e. The molecule has 2 unspecified atom stereocenters. The predicted molar refractivity (Wildman–Crippen MR) is 198 cm³/mol. The highest BCUT2D eigenvalue weighted by molar-refractivity contribution is 5.75. The van der Waals surface area contributed by atoms with Gasteiger partial charge in [-0.25, -0.2) is 27.2 Å². The Morgan fingerprint density at radius 2 is 1.19 bits per heavy atom.